The largest absolute Gasteiger partial charge is 0.356 e. The number of hydrogen-bond donors (Lipinski definition) is 0. The fourth-order valence-corrected chi connectivity index (χ4v) is 1.93. The predicted molar refractivity (Wildman–Crippen MR) is 63.2 cm³/mol. The molecule has 2 rings (SSSR count). The molecular formula is C9H12BBrN2O2. The summed E-state index contributed by atoms with van der Waals surface area (Å²) in [6.07, 6.45) is 4.51. The van der Waals surface area contributed by atoms with Crippen molar-refractivity contribution in [1.82, 2.24) is 9.78 Å². The molecule has 2 heterocycles. The van der Waals surface area contributed by atoms with Gasteiger partial charge in [-0.05, 0) is 40.7 Å². The number of ether oxygens (including phenoxy) is 1. The van der Waals surface area contributed by atoms with Crippen LogP contribution in [0.4, 0.5) is 0 Å². The van der Waals surface area contributed by atoms with E-state index < -0.39 is 0 Å². The summed E-state index contributed by atoms with van der Waals surface area (Å²) in [6, 6.07) is 0. The van der Waals surface area contributed by atoms with E-state index in [2.05, 4.69) is 21.0 Å². The van der Waals surface area contributed by atoms with Crippen molar-refractivity contribution in [3.05, 3.63) is 21.0 Å². The summed E-state index contributed by atoms with van der Waals surface area (Å²) in [6.45, 7) is 0.713. The van der Waals surface area contributed by atoms with Gasteiger partial charge in [-0.3, -0.25) is 4.79 Å². The lowest BCUT2D eigenvalue weighted by Crippen LogP contribution is -2.34. The average Bonchev–Trinajstić information content (AvgIpc) is 2.27. The van der Waals surface area contributed by atoms with Crippen molar-refractivity contribution in [2.24, 2.45) is 0 Å². The number of halogens is 1. The molecule has 1 aromatic heterocycles. The average molecular weight is 271 g/mol. The first-order chi connectivity index (χ1) is 7.20. The van der Waals surface area contributed by atoms with Crippen molar-refractivity contribution in [3.63, 3.8) is 0 Å². The molecule has 1 aromatic rings. The Morgan fingerprint density at radius 2 is 2.40 bits per heavy atom. The quantitative estimate of drug-likeness (QED) is 0.673. The van der Waals surface area contributed by atoms with Gasteiger partial charge in [0, 0.05) is 12.8 Å². The summed E-state index contributed by atoms with van der Waals surface area (Å²) in [5.41, 5.74) is 0.744. The zero-order valence-electron chi connectivity index (χ0n) is 8.57. The maximum absolute atomic E-state index is 11.9. The van der Waals surface area contributed by atoms with Gasteiger partial charge >= 0.3 is 0 Å². The topological polar surface area (TPSA) is 44.1 Å². The maximum Gasteiger partial charge on any atom is 0.282 e. The van der Waals surface area contributed by atoms with Crippen LogP contribution in [0.15, 0.2) is 15.5 Å². The van der Waals surface area contributed by atoms with Crippen LogP contribution in [0.5, 0.6) is 0 Å². The molecule has 1 atom stereocenters. The van der Waals surface area contributed by atoms with Gasteiger partial charge in [-0.15, -0.1) is 0 Å². The number of aromatic nitrogens is 2. The van der Waals surface area contributed by atoms with Gasteiger partial charge < -0.3 is 4.74 Å². The SMILES string of the molecule is Bc1cnn(C2CCCCO2)c(=O)c1Br. The second-order valence-corrected chi connectivity index (χ2v) is 4.51. The predicted octanol–water partition coefficient (Wildman–Crippen LogP) is -0.0367. The van der Waals surface area contributed by atoms with Gasteiger partial charge in [0.05, 0.1) is 4.47 Å². The van der Waals surface area contributed by atoms with E-state index in [-0.39, 0.29) is 11.8 Å². The van der Waals surface area contributed by atoms with Gasteiger partial charge in [-0.25, -0.2) is 0 Å². The molecular weight excluding hydrogens is 259 g/mol. The highest BCUT2D eigenvalue weighted by Gasteiger charge is 2.19. The van der Waals surface area contributed by atoms with Crippen molar-refractivity contribution in [2.45, 2.75) is 25.5 Å². The van der Waals surface area contributed by atoms with Crippen LogP contribution in [0.1, 0.15) is 25.5 Å². The van der Waals surface area contributed by atoms with E-state index in [0.29, 0.717) is 11.1 Å². The third kappa shape index (κ3) is 2.15. The number of nitrogens with zero attached hydrogens (tertiary/aromatic N) is 2. The van der Waals surface area contributed by atoms with E-state index in [9.17, 15) is 4.79 Å². The normalized spacial score (nSPS) is 21.5. The van der Waals surface area contributed by atoms with Crippen LogP contribution < -0.4 is 11.0 Å². The van der Waals surface area contributed by atoms with Crippen LogP contribution >= 0.6 is 15.9 Å². The van der Waals surface area contributed by atoms with E-state index >= 15 is 0 Å². The molecule has 1 aliphatic heterocycles. The first kappa shape index (κ1) is 10.9. The van der Waals surface area contributed by atoms with Gasteiger partial charge in [-0.2, -0.15) is 9.78 Å². The first-order valence-electron chi connectivity index (χ1n) is 5.05. The van der Waals surface area contributed by atoms with Crippen LogP contribution in [-0.4, -0.2) is 24.2 Å². The Morgan fingerprint density at radius 3 is 3.07 bits per heavy atom. The molecule has 1 aliphatic rings. The second-order valence-electron chi connectivity index (χ2n) is 3.71. The second kappa shape index (κ2) is 4.49. The third-order valence-electron chi connectivity index (χ3n) is 2.55. The standard InChI is InChI=1S/C9H12BBrN2O2/c10-6-5-12-13(9(14)8(6)11)7-3-1-2-4-15-7/h5,7H,1-4,10H2. The molecule has 0 radical (unpaired) electrons. The molecule has 0 aliphatic carbocycles. The number of rotatable bonds is 1. The van der Waals surface area contributed by atoms with Crippen molar-refractivity contribution in [3.8, 4) is 0 Å². The minimum Gasteiger partial charge on any atom is -0.356 e. The Labute approximate surface area is 97.2 Å². The Balaban J connectivity index is 2.35. The number of hydrogen-bond acceptors (Lipinski definition) is 3. The highest BCUT2D eigenvalue weighted by molar-refractivity contribution is 9.10. The third-order valence-corrected chi connectivity index (χ3v) is 3.51. The summed E-state index contributed by atoms with van der Waals surface area (Å²) in [5.74, 6) is 0. The minimum atomic E-state index is -0.192. The van der Waals surface area contributed by atoms with Crippen molar-refractivity contribution < 1.29 is 4.74 Å². The van der Waals surface area contributed by atoms with Crippen LogP contribution in [0.3, 0.4) is 0 Å². The first-order valence-corrected chi connectivity index (χ1v) is 5.85. The van der Waals surface area contributed by atoms with Crippen LogP contribution in [0.25, 0.3) is 0 Å². The van der Waals surface area contributed by atoms with Gasteiger partial charge in [0.2, 0.25) is 0 Å². The summed E-state index contributed by atoms with van der Waals surface area (Å²) in [4.78, 5) is 11.9. The van der Waals surface area contributed by atoms with E-state index in [1.54, 1.807) is 6.20 Å². The van der Waals surface area contributed by atoms with E-state index in [0.717, 1.165) is 24.7 Å². The van der Waals surface area contributed by atoms with Gasteiger partial charge in [0.25, 0.3) is 5.56 Å². The summed E-state index contributed by atoms with van der Waals surface area (Å²) in [5, 5.41) is 4.11. The lowest BCUT2D eigenvalue weighted by molar-refractivity contribution is -0.0425. The van der Waals surface area contributed by atoms with Crippen LogP contribution in [-0.2, 0) is 4.74 Å². The monoisotopic (exact) mass is 270 g/mol. The molecule has 0 amide bonds. The minimum absolute atomic E-state index is 0.109. The molecule has 1 fully saturated rings. The smallest absolute Gasteiger partial charge is 0.282 e. The van der Waals surface area contributed by atoms with Crippen molar-refractivity contribution in [1.29, 1.82) is 0 Å². The maximum atomic E-state index is 11.9. The fourth-order valence-electron chi connectivity index (χ4n) is 1.65. The van der Waals surface area contributed by atoms with E-state index in [1.165, 1.54) is 4.68 Å². The molecule has 6 heteroatoms. The molecule has 1 saturated heterocycles. The Bertz CT molecular complexity index is 415. The van der Waals surface area contributed by atoms with Crippen LogP contribution in [0.2, 0.25) is 0 Å². The molecule has 80 valence electrons. The van der Waals surface area contributed by atoms with Crippen molar-refractivity contribution in [2.75, 3.05) is 6.61 Å². The lowest BCUT2D eigenvalue weighted by atomic mass is 10.00. The highest BCUT2D eigenvalue weighted by Crippen LogP contribution is 2.19. The fraction of sp³-hybridized carbons (Fsp3) is 0.556. The summed E-state index contributed by atoms with van der Waals surface area (Å²) in [7, 11) is 1.85. The Kier molecular flexibility index (Phi) is 3.26. The molecule has 0 aromatic carbocycles. The lowest BCUT2D eigenvalue weighted by Gasteiger charge is -2.23. The molecule has 15 heavy (non-hydrogen) atoms. The van der Waals surface area contributed by atoms with Crippen molar-refractivity contribution >= 4 is 29.2 Å². The van der Waals surface area contributed by atoms with Crippen LogP contribution in [0, 0.1) is 0 Å². The summed E-state index contributed by atoms with van der Waals surface area (Å²) >= 11 is 3.27. The molecule has 0 bridgehead atoms. The zero-order valence-corrected chi connectivity index (χ0v) is 10.2. The van der Waals surface area contributed by atoms with Gasteiger partial charge in [0.1, 0.15) is 7.85 Å². The molecule has 0 saturated carbocycles. The van der Waals surface area contributed by atoms with Gasteiger partial charge in [0.15, 0.2) is 6.23 Å². The molecule has 1 unspecified atom stereocenters. The zero-order chi connectivity index (χ0) is 10.8. The molecule has 0 spiro atoms. The molecule has 0 N–H and O–H groups in total. The molecule has 4 nitrogen and oxygen atoms in total. The van der Waals surface area contributed by atoms with E-state index in [1.807, 2.05) is 7.85 Å². The Hall–Kier alpha value is -0.615. The summed E-state index contributed by atoms with van der Waals surface area (Å²) < 4.78 is 7.52. The Morgan fingerprint density at radius 1 is 1.60 bits per heavy atom. The highest BCUT2D eigenvalue weighted by atomic mass is 79.9. The van der Waals surface area contributed by atoms with Gasteiger partial charge in [-0.1, -0.05) is 0 Å². The van der Waals surface area contributed by atoms with E-state index in [4.69, 9.17) is 4.74 Å².